The van der Waals surface area contributed by atoms with Gasteiger partial charge in [-0.2, -0.15) is 0 Å². The van der Waals surface area contributed by atoms with Crippen LogP contribution in [0.2, 0.25) is 0 Å². The Balaban J connectivity index is 1.79. The van der Waals surface area contributed by atoms with Gasteiger partial charge in [0.15, 0.2) is 5.17 Å². The maximum absolute atomic E-state index is 12.7. The molecule has 0 aliphatic carbocycles. The number of benzene rings is 1. The molecule has 132 valence electrons. The van der Waals surface area contributed by atoms with Gasteiger partial charge in [0.1, 0.15) is 6.04 Å². The van der Waals surface area contributed by atoms with Gasteiger partial charge >= 0.3 is 0 Å². The van der Waals surface area contributed by atoms with Crippen molar-refractivity contribution in [2.75, 3.05) is 12.3 Å². The minimum absolute atomic E-state index is 0.138. The molecule has 2 heterocycles. The monoisotopic (exact) mass is 358 g/mol. The summed E-state index contributed by atoms with van der Waals surface area (Å²) in [5.41, 5.74) is 2.02. The van der Waals surface area contributed by atoms with E-state index in [9.17, 15) is 9.59 Å². The van der Waals surface area contributed by atoms with Gasteiger partial charge in [-0.05, 0) is 11.6 Å². The third-order valence-electron chi connectivity index (χ3n) is 4.07. The molecule has 3 N–H and O–H groups in total. The zero-order valence-corrected chi connectivity index (χ0v) is 15.2. The predicted molar refractivity (Wildman–Crippen MR) is 102 cm³/mol. The first kappa shape index (κ1) is 17.5. The number of hydrogen-bond donors (Lipinski definition) is 3. The van der Waals surface area contributed by atoms with E-state index in [1.165, 1.54) is 11.8 Å². The lowest BCUT2D eigenvalue weighted by atomic mass is 10.0. The van der Waals surface area contributed by atoms with Crippen molar-refractivity contribution in [1.82, 2.24) is 15.6 Å². The molecule has 0 saturated carbocycles. The number of hydrogen-bond acceptors (Lipinski definition) is 4. The van der Waals surface area contributed by atoms with E-state index in [1.807, 2.05) is 44.3 Å². The van der Waals surface area contributed by atoms with Crippen LogP contribution in [0.5, 0.6) is 0 Å². The van der Waals surface area contributed by atoms with Gasteiger partial charge in [0.25, 0.3) is 0 Å². The minimum atomic E-state index is -0.641. The van der Waals surface area contributed by atoms with Crippen molar-refractivity contribution in [1.29, 1.82) is 0 Å². The summed E-state index contributed by atoms with van der Waals surface area (Å²) in [5, 5.41) is 7.39. The molecule has 2 amide bonds. The lowest BCUT2D eigenvalue weighted by molar-refractivity contribution is -0.129. The predicted octanol–water partition coefficient (Wildman–Crippen LogP) is 2.07. The Kier molecular flexibility index (Phi) is 5.43. The molecule has 0 radical (unpaired) electrons. The van der Waals surface area contributed by atoms with Crippen LogP contribution in [-0.4, -0.2) is 40.3 Å². The lowest BCUT2D eigenvalue weighted by Crippen LogP contribution is -2.50. The summed E-state index contributed by atoms with van der Waals surface area (Å²) in [6, 6.07) is 7.29. The van der Waals surface area contributed by atoms with Gasteiger partial charge in [-0.15, -0.1) is 0 Å². The Labute approximate surface area is 150 Å². The van der Waals surface area contributed by atoms with Gasteiger partial charge in [0.05, 0.1) is 6.54 Å². The van der Waals surface area contributed by atoms with Gasteiger partial charge in [0, 0.05) is 35.2 Å². The molecule has 0 fully saturated rings. The van der Waals surface area contributed by atoms with Gasteiger partial charge in [-0.25, -0.2) is 0 Å². The second-order valence-corrected chi connectivity index (χ2v) is 7.39. The number of aromatic nitrogens is 1. The van der Waals surface area contributed by atoms with Crippen molar-refractivity contribution in [3.63, 3.8) is 0 Å². The van der Waals surface area contributed by atoms with Crippen molar-refractivity contribution in [2.24, 2.45) is 10.9 Å². The average molecular weight is 358 g/mol. The van der Waals surface area contributed by atoms with E-state index in [0.29, 0.717) is 18.1 Å². The first-order valence-corrected chi connectivity index (χ1v) is 9.36. The smallest absolute Gasteiger partial charge is 0.248 e. The summed E-state index contributed by atoms with van der Waals surface area (Å²) in [6.45, 7) is 4.34. The molecule has 1 atom stereocenters. The van der Waals surface area contributed by atoms with Crippen LogP contribution in [0, 0.1) is 5.92 Å². The summed E-state index contributed by atoms with van der Waals surface area (Å²) in [6.07, 6.45) is 2.32. The van der Waals surface area contributed by atoms with E-state index in [1.54, 1.807) is 0 Å². The molecule has 7 heteroatoms. The molecule has 25 heavy (non-hydrogen) atoms. The zero-order chi connectivity index (χ0) is 17.8. The Hall–Kier alpha value is -2.28. The first-order valence-electron chi connectivity index (χ1n) is 8.38. The zero-order valence-electron chi connectivity index (χ0n) is 14.3. The number of aliphatic imine (C=N–C) groups is 1. The van der Waals surface area contributed by atoms with Gasteiger partial charge < -0.3 is 15.6 Å². The van der Waals surface area contributed by atoms with E-state index >= 15 is 0 Å². The number of fused-ring (bicyclic) bond motifs is 1. The molecule has 0 saturated heterocycles. The van der Waals surface area contributed by atoms with Crippen LogP contribution in [0.3, 0.4) is 0 Å². The number of nitrogens with zero attached hydrogens (tertiary/aromatic N) is 1. The summed E-state index contributed by atoms with van der Waals surface area (Å²) >= 11 is 1.52. The highest BCUT2D eigenvalue weighted by Crippen LogP contribution is 2.19. The fourth-order valence-electron chi connectivity index (χ4n) is 2.67. The maximum atomic E-state index is 12.7. The highest BCUT2D eigenvalue weighted by Gasteiger charge is 2.25. The van der Waals surface area contributed by atoms with Crippen LogP contribution >= 0.6 is 11.8 Å². The molecule has 1 aliphatic heterocycles. The molecular formula is C18H22N4O2S. The number of amides is 2. The third kappa shape index (κ3) is 4.22. The van der Waals surface area contributed by atoms with E-state index in [4.69, 9.17) is 0 Å². The topological polar surface area (TPSA) is 86.3 Å². The quantitative estimate of drug-likeness (QED) is 0.765. The first-order chi connectivity index (χ1) is 12.0. The minimum Gasteiger partial charge on any atom is -0.361 e. The van der Waals surface area contributed by atoms with Gasteiger partial charge in [-0.3, -0.25) is 14.6 Å². The van der Waals surface area contributed by atoms with E-state index in [2.05, 4.69) is 20.6 Å². The van der Waals surface area contributed by atoms with Crippen molar-refractivity contribution >= 4 is 39.6 Å². The van der Waals surface area contributed by atoms with Crippen molar-refractivity contribution in [3.05, 3.63) is 36.0 Å². The Morgan fingerprint density at radius 2 is 2.08 bits per heavy atom. The van der Waals surface area contributed by atoms with Crippen LogP contribution in [0.4, 0.5) is 0 Å². The normalized spacial score (nSPS) is 15.2. The second kappa shape index (κ2) is 7.74. The van der Waals surface area contributed by atoms with Gasteiger partial charge in [0.2, 0.25) is 11.8 Å². The number of carbonyl (C=O) groups excluding carboxylic acids is 2. The molecule has 6 nitrogen and oxygen atoms in total. The standard InChI is InChI=1S/C18H22N4O2S/c1-11(2)16(23)21-15(17(24)22-18-19-7-8-25-18)9-12-10-20-14-6-4-3-5-13(12)14/h3-6,10-11,15,20H,7-9H2,1-2H3,(H,21,23)(H,19,22,24). The van der Waals surface area contributed by atoms with E-state index in [-0.39, 0.29) is 17.7 Å². The van der Waals surface area contributed by atoms with Crippen LogP contribution in [-0.2, 0) is 16.0 Å². The number of thioether (sulfide) groups is 1. The summed E-state index contributed by atoms with van der Waals surface area (Å²) in [4.78, 5) is 32.3. The molecule has 1 aromatic carbocycles. The fourth-order valence-corrected chi connectivity index (χ4v) is 3.40. The highest BCUT2D eigenvalue weighted by atomic mass is 32.2. The molecular weight excluding hydrogens is 336 g/mol. The highest BCUT2D eigenvalue weighted by molar-refractivity contribution is 8.14. The SMILES string of the molecule is CC(C)C(=O)NC(Cc1c[nH]c2ccccc12)C(=O)NC1=NCCS1. The average Bonchev–Trinajstić information content (AvgIpc) is 3.24. The Morgan fingerprint density at radius 3 is 2.80 bits per heavy atom. The fraction of sp³-hybridized carbons (Fsp3) is 0.389. The van der Waals surface area contributed by atoms with Crippen LogP contribution in [0.15, 0.2) is 35.5 Å². The van der Waals surface area contributed by atoms with E-state index in [0.717, 1.165) is 22.2 Å². The number of carbonyl (C=O) groups is 2. The molecule has 2 aromatic rings. The van der Waals surface area contributed by atoms with Crippen LogP contribution in [0.1, 0.15) is 19.4 Å². The number of rotatable bonds is 5. The largest absolute Gasteiger partial charge is 0.361 e. The van der Waals surface area contributed by atoms with Gasteiger partial charge in [-0.1, -0.05) is 43.8 Å². The third-order valence-corrected chi connectivity index (χ3v) is 4.96. The van der Waals surface area contributed by atoms with E-state index < -0.39 is 6.04 Å². The molecule has 3 rings (SSSR count). The molecule has 1 aromatic heterocycles. The number of amidine groups is 1. The molecule has 1 unspecified atom stereocenters. The summed E-state index contributed by atoms with van der Waals surface area (Å²) in [5.74, 6) is 0.325. The molecule has 1 aliphatic rings. The lowest BCUT2D eigenvalue weighted by Gasteiger charge is -2.19. The second-order valence-electron chi connectivity index (χ2n) is 6.30. The van der Waals surface area contributed by atoms with Crippen molar-refractivity contribution in [2.45, 2.75) is 26.3 Å². The molecule has 0 bridgehead atoms. The van der Waals surface area contributed by atoms with Crippen LogP contribution < -0.4 is 10.6 Å². The summed E-state index contributed by atoms with van der Waals surface area (Å²) < 4.78 is 0. The Morgan fingerprint density at radius 1 is 1.28 bits per heavy atom. The number of aromatic amines is 1. The van der Waals surface area contributed by atoms with Crippen molar-refractivity contribution in [3.8, 4) is 0 Å². The number of H-pyrrole nitrogens is 1. The maximum Gasteiger partial charge on any atom is 0.248 e. The van der Waals surface area contributed by atoms with Crippen LogP contribution in [0.25, 0.3) is 10.9 Å². The number of nitrogens with one attached hydrogen (secondary N) is 3. The summed E-state index contributed by atoms with van der Waals surface area (Å²) in [7, 11) is 0. The van der Waals surface area contributed by atoms with Crippen molar-refractivity contribution < 1.29 is 9.59 Å². The molecule has 0 spiro atoms. The number of para-hydroxylation sites is 1. The Bertz CT molecular complexity index is 812.